The highest BCUT2D eigenvalue weighted by Crippen LogP contribution is 2.33. The van der Waals surface area contributed by atoms with Crippen LogP contribution in [0.4, 0.5) is 0 Å². The highest BCUT2D eigenvalue weighted by molar-refractivity contribution is 5.57. The molecule has 10 heteroatoms. The predicted molar refractivity (Wildman–Crippen MR) is 142 cm³/mol. The fraction of sp³-hybridized carbons (Fsp3) is 0.370. The summed E-state index contributed by atoms with van der Waals surface area (Å²) in [5.41, 5.74) is 2.29. The van der Waals surface area contributed by atoms with Crippen molar-refractivity contribution in [3.8, 4) is 17.3 Å². The van der Waals surface area contributed by atoms with Crippen LogP contribution in [0, 0.1) is 0 Å². The van der Waals surface area contributed by atoms with E-state index in [1.54, 1.807) is 10.8 Å². The van der Waals surface area contributed by atoms with Gasteiger partial charge in [-0.1, -0.05) is 50.6 Å². The van der Waals surface area contributed by atoms with Crippen molar-refractivity contribution in [1.29, 1.82) is 0 Å². The smallest absolute Gasteiger partial charge is 0.335 e. The molecule has 1 unspecified atom stereocenters. The van der Waals surface area contributed by atoms with Crippen LogP contribution in [-0.2, 0) is 18.4 Å². The lowest BCUT2D eigenvalue weighted by Gasteiger charge is -2.31. The van der Waals surface area contributed by atoms with Crippen LogP contribution in [0.25, 0.3) is 17.3 Å². The van der Waals surface area contributed by atoms with Crippen molar-refractivity contribution in [1.82, 2.24) is 44.6 Å². The molecule has 0 amide bonds. The first-order valence-electron chi connectivity index (χ1n) is 12.9. The van der Waals surface area contributed by atoms with E-state index < -0.39 is 5.41 Å². The monoisotopic (exact) mass is 499 g/mol. The van der Waals surface area contributed by atoms with Gasteiger partial charge in [0.05, 0.1) is 5.41 Å². The summed E-state index contributed by atoms with van der Waals surface area (Å²) in [5.74, 6) is 1.25. The molecule has 0 aliphatic carbocycles. The van der Waals surface area contributed by atoms with Gasteiger partial charge in [-0.2, -0.15) is 0 Å². The number of aromatic nitrogens is 8. The van der Waals surface area contributed by atoms with E-state index in [4.69, 9.17) is 0 Å². The Morgan fingerprint density at radius 3 is 2.73 bits per heavy atom. The Balaban J connectivity index is 1.61. The van der Waals surface area contributed by atoms with E-state index in [-0.39, 0.29) is 11.7 Å². The lowest BCUT2D eigenvalue weighted by Crippen LogP contribution is -2.36. The largest absolute Gasteiger partial charge is 0.368 e. The molecule has 3 aromatic heterocycles. The summed E-state index contributed by atoms with van der Waals surface area (Å²) in [7, 11) is 0. The molecule has 2 N–H and O–H groups in total. The zero-order valence-electron chi connectivity index (χ0n) is 21.5. The van der Waals surface area contributed by atoms with Gasteiger partial charge >= 0.3 is 5.69 Å². The number of unbranched alkanes of at least 4 members (excludes halogenated alkanes) is 1. The SMILES string of the molecule is CCCCc1cn(-c2nccn2C(C)CC)c(=O)n1CC1(c2cccc(-c3nnn[nH]3)c2)C=CNC=C1. The molecular formula is C27H33N9O. The molecule has 0 saturated carbocycles. The molecular weight excluding hydrogens is 466 g/mol. The van der Waals surface area contributed by atoms with E-state index in [0.29, 0.717) is 18.3 Å². The Morgan fingerprint density at radius 2 is 2.00 bits per heavy atom. The van der Waals surface area contributed by atoms with Crippen LogP contribution >= 0.6 is 0 Å². The average Bonchev–Trinajstić information content (AvgIpc) is 3.70. The quantitative estimate of drug-likeness (QED) is 0.342. The number of nitrogens with zero attached hydrogens (tertiary/aromatic N) is 7. The zero-order valence-corrected chi connectivity index (χ0v) is 21.5. The van der Waals surface area contributed by atoms with Gasteiger partial charge in [0.1, 0.15) is 0 Å². The molecule has 5 rings (SSSR count). The summed E-state index contributed by atoms with van der Waals surface area (Å²) in [6.45, 7) is 6.90. The third-order valence-electron chi connectivity index (χ3n) is 7.17. The number of hydrogen-bond donors (Lipinski definition) is 2. The van der Waals surface area contributed by atoms with Crippen molar-refractivity contribution in [3.05, 3.63) is 89.1 Å². The second kappa shape index (κ2) is 10.4. The van der Waals surface area contributed by atoms with E-state index in [1.807, 2.05) is 41.5 Å². The van der Waals surface area contributed by atoms with Crippen LogP contribution in [0.2, 0.25) is 0 Å². The van der Waals surface area contributed by atoms with Gasteiger partial charge in [-0.15, -0.1) is 5.10 Å². The normalized spacial score (nSPS) is 15.1. The van der Waals surface area contributed by atoms with Gasteiger partial charge in [-0.05, 0) is 60.6 Å². The molecule has 4 heterocycles. The molecule has 1 aliphatic rings. The highest BCUT2D eigenvalue weighted by Gasteiger charge is 2.32. The maximum absolute atomic E-state index is 14.0. The van der Waals surface area contributed by atoms with Crippen molar-refractivity contribution < 1.29 is 0 Å². The Morgan fingerprint density at radius 1 is 1.16 bits per heavy atom. The van der Waals surface area contributed by atoms with Gasteiger partial charge in [0.25, 0.3) is 0 Å². The number of imidazole rings is 2. The second-order valence-corrected chi connectivity index (χ2v) is 9.56. The number of rotatable bonds is 10. The summed E-state index contributed by atoms with van der Waals surface area (Å²) in [6.07, 6.45) is 17.6. The molecule has 37 heavy (non-hydrogen) atoms. The number of aromatic amines is 1. The van der Waals surface area contributed by atoms with Crippen LogP contribution in [0.5, 0.6) is 0 Å². The number of H-pyrrole nitrogens is 1. The van der Waals surface area contributed by atoms with Gasteiger partial charge in [-0.25, -0.2) is 19.4 Å². The summed E-state index contributed by atoms with van der Waals surface area (Å²) in [6, 6.07) is 8.36. The minimum atomic E-state index is -0.544. The van der Waals surface area contributed by atoms with Gasteiger partial charge in [0.15, 0.2) is 5.82 Å². The number of aryl methyl sites for hydroxylation is 1. The molecule has 1 aliphatic heterocycles. The van der Waals surface area contributed by atoms with Crippen molar-refractivity contribution in [3.63, 3.8) is 0 Å². The van der Waals surface area contributed by atoms with E-state index in [1.165, 1.54) is 0 Å². The molecule has 1 aromatic carbocycles. The average molecular weight is 500 g/mol. The van der Waals surface area contributed by atoms with Crippen LogP contribution in [0.1, 0.15) is 57.3 Å². The van der Waals surface area contributed by atoms with E-state index in [2.05, 4.69) is 80.5 Å². The van der Waals surface area contributed by atoms with Crippen LogP contribution in [0.15, 0.2) is 72.2 Å². The van der Waals surface area contributed by atoms with E-state index in [9.17, 15) is 4.79 Å². The van der Waals surface area contributed by atoms with Crippen molar-refractivity contribution in [2.24, 2.45) is 0 Å². The predicted octanol–water partition coefficient (Wildman–Crippen LogP) is 3.90. The number of dihydropyridines is 1. The molecule has 0 fully saturated rings. The molecule has 4 aromatic rings. The summed E-state index contributed by atoms with van der Waals surface area (Å²) < 4.78 is 5.69. The Labute approximate surface area is 215 Å². The third kappa shape index (κ3) is 4.66. The molecule has 0 saturated heterocycles. The molecule has 0 radical (unpaired) electrons. The van der Waals surface area contributed by atoms with Gasteiger partial charge < -0.3 is 9.88 Å². The van der Waals surface area contributed by atoms with Crippen molar-refractivity contribution in [2.45, 2.75) is 64.5 Å². The molecule has 192 valence electrons. The Hall–Kier alpha value is -4.21. The Bertz CT molecular complexity index is 1440. The maximum atomic E-state index is 14.0. The van der Waals surface area contributed by atoms with Gasteiger partial charge in [0.2, 0.25) is 5.95 Å². The minimum Gasteiger partial charge on any atom is -0.368 e. The lowest BCUT2D eigenvalue weighted by molar-refractivity contribution is 0.490. The molecule has 0 bridgehead atoms. The first kappa shape index (κ1) is 24.5. The fourth-order valence-electron chi connectivity index (χ4n) is 4.82. The highest BCUT2D eigenvalue weighted by atomic mass is 16.1. The first-order chi connectivity index (χ1) is 18.1. The zero-order chi connectivity index (χ0) is 25.8. The minimum absolute atomic E-state index is 0.0860. The third-order valence-corrected chi connectivity index (χ3v) is 7.17. The Kier molecular flexibility index (Phi) is 6.89. The van der Waals surface area contributed by atoms with E-state index >= 15 is 0 Å². The van der Waals surface area contributed by atoms with E-state index in [0.717, 1.165) is 42.5 Å². The summed E-state index contributed by atoms with van der Waals surface area (Å²) in [5, 5.41) is 17.5. The van der Waals surface area contributed by atoms with Gasteiger partial charge in [-0.3, -0.25) is 4.57 Å². The number of benzene rings is 1. The molecule has 10 nitrogen and oxygen atoms in total. The maximum Gasteiger partial charge on any atom is 0.335 e. The number of allylic oxidation sites excluding steroid dienone is 2. The fourth-order valence-corrected chi connectivity index (χ4v) is 4.82. The second-order valence-electron chi connectivity index (χ2n) is 9.56. The first-order valence-corrected chi connectivity index (χ1v) is 12.9. The lowest BCUT2D eigenvalue weighted by atomic mass is 9.78. The van der Waals surface area contributed by atoms with Gasteiger partial charge in [0, 0.05) is 42.4 Å². The summed E-state index contributed by atoms with van der Waals surface area (Å²) in [4.78, 5) is 18.6. The number of hydrogen-bond acceptors (Lipinski definition) is 6. The molecule has 0 spiro atoms. The number of nitrogens with one attached hydrogen (secondary N) is 2. The van der Waals surface area contributed by atoms with Crippen molar-refractivity contribution >= 4 is 0 Å². The van der Waals surface area contributed by atoms with Crippen LogP contribution < -0.4 is 11.0 Å². The standard InChI is InChI=1S/C27H33N9O/c1-4-6-10-23-18-35(25-29-15-16-34(25)20(3)5-2)26(37)36(23)19-27(11-13-28-14-12-27)22-9-7-8-21(17-22)24-30-32-33-31-24/h7-9,11-18,20,28H,4-6,10,19H2,1-3H3,(H,30,31,32,33). The van der Waals surface area contributed by atoms with Crippen LogP contribution in [0.3, 0.4) is 0 Å². The molecule has 1 atom stereocenters. The summed E-state index contributed by atoms with van der Waals surface area (Å²) >= 11 is 0. The van der Waals surface area contributed by atoms with Crippen LogP contribution in [-0.4, -0.2) is 39.3 Å². The van der Waals surface area contributed by atoms with Crippen molar-refractivity contribution in [2.75, 3.05) is 0 Å². The number of tetrazole rings is 1. The topological polar surface area (TPSA) is 111 Å².